The first-order valence-corrected chi connectivity index (χ1v) is 9.14. The predicted molar refractivity (Wildman–Crippen MR) is 109 cm³/mol. The first-order valence-electron chi connectivity index (χ1n) is 8.76. The van der Waals surface area contributed by atoms with Crippen LogP contribution in [0.4, 0.5) is 5.69 Å². The number of ether oxygens (including phenoxy) is 1. The standard InChI is InChI=1S/C21H22ClN3O2/c1-13(2)10-18-20(23-21(26)15-7-4-8-16(22)11-15)19(25-24-18)14-6-5-9-17(12-14)27-3/h4-9,11-13H,10H2,1-3H3,(H,23,26)(H,24,25). The molecule has 2 N–H and O–H groups in total. The number of nitrogens with one attached hydrogen (secondary N) is 2. The van der Waals surface area contributed by atoms with Crippen molar-refractivity contribution in [2.24, 2.45) is 5.92 Å². The van der Waals surface area contributed by atoms with Gasteiger partial charge in [-0.3, -0.25) is 9.89 Å². The van der Waals surface area contributed by atoms with E-state index in [0.717, 1.165) is 23.4 Å². The third-order valence-electron chi connectivity index (χ3n) is 4.12. The quantitative estimate of drug-likeness (QED) is 0.615. The van der Waals surface area contributed by atoms with E-state index in [1.54, 1.807) is 31.4 Å². The third kappa shape index (κ3) is 4.49. The zero-order valence-electron chi connectivity index (χ0n) is 15.5. The number of carbonyl (C=O) groups excluding carboxylic acids is 1. The van der Waals surface area contributed by atoms with E-state index < -0.39 is 0 Å². The second kappa shape index (κ2) is 8.27. The normalized spacial score (nSPS) is 10.9. The fraction of sp³-hybridized carbons (Fsp3) is 0.238. The summed E-state index contributed by atoms with van der Waals surface area (Å²) < 4.78 is 5.31. The molecule has 0 radical (unpaired) electrons. The van der Waals surface area contributed by atoms with Crippen molar-refractivity contribution in [3.63, 3.8) is 0 Å². The molecule has 1 heterocycles. The lowest BCUT2D eigenvalue weighted by atomic mass is 10.0. The lowest BCUT2D eigenvalue weighted by Gasteiger charge is -2.11. The Labute approximate surface area is 163 Å². The van der Waals surface area contributed by atoms with E-state index in [1.807, 2.05) is 24.3 Å². The molecule has 0 atom stereocenters. The van der Waals surface area contributed by atoms with Gasteiger partial charge in [0.1, 0.15) is 11.4 Å². The number of aromatic nitrogens is 2. The van der Waals surface area contributed by atoms with Crippen molar-refractivity contribution in [2.75, 3.05) is 12.4 Å². The highest BCUT2D eigenvalue weighted by molar-refractivity contribution is 6.31. The van der Waals surface area contributed by atoms with Gasteiger partial charge in [-0.1, -0.05) is 43.6 Å². The summed E-state index contributed by atoms with van der Waals surface area (Å²) in [6.07, 6.45) is 0.766. The molecule has 0 saturated carbocycles. The molecular weight excluding hydrogens is 362 g/mol. The maximum absolute atomic E-state index is 12.8. The molecule has 0 aliphatic heterocycles. The summed E-state index contributed by atoms with van der Waals surface area (Å²) in [6.45, 7) is 4.24. The molecule has 0 saturated heterocycles. The molecule has 27 heavy (non-hydrogen) atoms. The number of halogens is 1. The zero-order chi connectivity index (χ0) is 19.4. The van der Waals surface area contributed by atoms with Crippen LogP contribution in [0.1, 0.15) is 29.9 Å². The topological polar surface area (TPSA) is 67.0 Å². The zero-order valence-corrected chi connectivity index (χ0v) is 16.3. The Morgan fingerprint density at radius 3 is 2.70 bits per heavy atom. The van der Waals surface area contributed by atoms with Gasteiger partial charge in [-0.2, -0.15) is 5.10 Å². The fourth-order valence-corrected chi connectivity index (χ4v) is 3.05. The van der Waals surface area contributed by atoms with E-state index in [-0.39, 0.29) is 5.91 Å². The predicted octanol–water partition coefficient (Wildman–Crippen LogP) is 5.19. The molecular formula is C21H22ClN3O2. The number of hydrogen-bond acceptors (Lipinski definition) is 3. The Bertz CT molecular complexity index is 950. The van der Waals surface area contributed by atoms with Crippen molar-refractivity contribution in [1.82, 2.24) is 10.2 Å². The van der Waals surface area contributed by atoms with Gasteiger partial charge in [-0.25, -0.2) is 0 Å². The summed E-state index contributed by atoms with van der Waals surface area (Å²) in [7, 11) is 1.62. The number of hydrogen-bond donors (Lipinski definition) is 2. The van der Waals surface area contributed by atoms with Crippen molar-refractivity contribution in [1.29, 1.82) is 0 Å². The van der Waals surface area contributed by atoms with E-state index in [2.05, 4.69) is 29.4 Å². The summed E-state index contributed by atoms with van der Waals surface area (Å²) in [5.41, 5.74) is 3.61. The maximum atomic E-state index is 12.8. The Kier molecular flexibility index (Phi) is 5.81. The van der Waals surface area contributed by atoms with Crippen LogP contribution in [0, 0.1) is 5.92 Å². The lowest BCUT2D eigenvalue weighted by Crippen LogP contribution is -2.14. The highest BCUT2D eigenvalue weighted by atomic mass is 35.5. The average Bonchev–Trinajstić information content (AvgIpc) is 3.03. The summed E-state index contributed by atoms with van der Waals surface area (Å²) in [5.74, 6) is 0.909. The molecule has 3 rings (SSSR count). The van der Waals surface area contributed by atoms with Crippen LogP contribution in [0.2, 0.25) is 5.02 Å². The smallest absolute Gasteiger partial charge is 0.255 e. The highest BCUT2D eigenvalue weighted by Gasteiger charge is 2.19. The Balaban J connectivity index is 2.00. The highest BCUT2D eigenvalue weighted by Crippen LogP contribution is 2.32. The van der Waals surface area contributed by atoms with Crippen molar-refractivity contribution in [3.05, 3.63) is 64.8 Å². The number of aromatic amines is 1. The minimum Gasteiger partial charge on any atom is -0.497 e. The molecule has 0 unspecified atom stereocenters. The van der Waals surface area contributed by atoms with Gasteiger partial charge in [0.05, 0.1) is 18.5 Å². The van der Waals surface area contributed by atoms with Gasteiger partial charge in [-0.15, -0.1) is 0 Å². The number of nitrogens with zero attached hydrogens (tertiary/aromatic N) is 1. The molecule has 140 valence electrons. The third-order valence-corrected chi connectivity index (χ3v) is 4.36. The van der Waals surface area contributed by atoms with E-state index in [0.29, 0.717) is 27.9 Å². The molecule has 0 aliphatic rings. The lowest BCUT2D eigenvalue weighted by molar-refractivity contribution is 0.102. The van der Waals surface area contributed by atoms with Crippen LogP contribution in [-0.2, 0) is 6.42 Å². The first-order chi connectivity index (χ1) is 13.0. The fourth-order valence-electron chi connectivity index (χ4n) is 2.86. The van der Waals surface area contributed by atoms with Gasteiger partial charge in [0, 0.05) is 16.1 Å². The van der Waals surface area contributed by atoms with Crippen LogP contribution in [0.5, 0.6) is 5.75 Å². The number of rotatable bonds is 6. The van der Waals surface area contributed by atoms with Crippen LogP contribution in [0.3, 0.4) is 0 Å². The second-order valence-electron chi connectivity index (χ2n) is 6.72. The Morgan fingerprint density at radius 2 is 2.00 bits per heavy atom. The van der Waals surface area contributed by atoms with Gasteiger partial charge in [0.2, 0.25) is 0 Å². The van der Waals surface area contributed by atoms with E-state index in [4.69, 9.17) is 16.3 Å². The molecule has 6 heteroatoms. The first kappa shape index (κ1) is 19.0. The minimum atomic E-state index is -0.229. The number of amides is 1. The van der Waals surface area contributed by atoms with Gasteiger partial charge in [-0.05, 0) is 42.7 Å². The number of H-pyrrole nitrogens is 1. The van der Waals surface area contributed by atoms with Crippen LogP contribution >= 0.6 is 11.6 Å². The monoisotopic (exact) mass is 383 g/mol. The van der Waals surface area contributed by atoms with Gasteiger partial charge < -0.3 is 10.1 Å². The number of methoxy groups -OCH3 is 1. The van der Waals surface area contributed by atoms with Gasteiger partial charge in [0.25, 0.3) is 5.91 Å². The summed E-state index contributed by atoms with van der Waals surface area (Å²) in [4.78, 5) is 12.8. The van der Waals surface area contributed by atoms with Crippen LogP contribution in [0.15, 0.2) is 48.5 Å². The SMILES string of the molecule is COc1cccc(-c2n[nH]c(CC(C)C)c2NC(=O)c2cccc(Cl)c2)c1. The van der Waals surface area contributed by atoms with Crippen molar-refractivity contribution in [2.45, 2.75) is 20.3 Å². The molecule has 1 aromatic heterocycles. The van der Waals surface area contributed by atoms with Crippen molar-refractivity contribution in [3.8, 4) is 17.0 Å². The molecule has 1 amide bonds. The number of carbonyl (C=O) groups is 1. The largest absolute Gasteiger partial charge is 0.497 e. The summed E-state index contributed by atoms with van der Waals surface area (Å²) in [6, 6.07) is 14.5. The molecule has 0 bridgehead atoms. The van der Waals surface area contributed by atoms with Gasteiger partial charge in [0.15, 0.2) is 0 Å². The average molecular weight is 384 g/mol. The van der Waals surface area contributed by atoms with Crippen LogP contribution < -0.4 is 10.1 Å². The van der Waals surface area contributed by atoms with E-state index in [1.165, 1.54) is 0 Å². The molecule has 0 aliphatic carbocycles. The maximum Gasteiger partial charge on any atom is 0.255 e. The molecule has 3 aromatic rings. The Morgan fingerprint density at radius 1 is 1.22 bits per heavy atom. The van der Waals surface area contributed by atoms with E-state index >= 15 is 0 Å². The van der Waals surface area contributed by atoms with Crippen LogP contribution in [-0.4, -0.2) is 23.2 Å². The Hall–Kier alpha value is -2.79. The van der Waals surface area contributed by atoms with E-state index in [9.17, 15) is 4.79 Å². The molecule has 2 aromatic carbocycles. The van der Waals surface area contributed by atoms with Crippen LogP contribution in [0.25, 0.3) is 11.3 Å². The van der Waals surface area contributed by atoms with Crippen molar-refractivity contribution < 1.29 is 9.53 Å². The molecule has 0 spiro atoms. The number of anilines is 1. The summed E-state index contributed by atoms with van der Waals surface area (Å²) in [5, 5.41) is 11.1. The molecule has 0 fully saturated rings. The van der Waals surface area contributed by atoms with Crippen molar-refractivity contribution >= 4 is 23.2 Å². The molecule has 5 nitrogen and oxygen atoms in total. The minimum absolute atomic E-state index is 0.229. The second-order valence-corrected chi connectivity index (χ2v) is 7.16. The van der Waals surface area contributed by atoms with Gasteiger partial charge >= 0.3 is 0 Å². The number of benzene rings is 2. The summed E-state index contributed by atoms with van der Waals surface area (Å²) >= 11 is 6.02.